The fraction of sp³-hybridized carbons (Fsp3) is 0.333. The van der Waals surface area contributed by atoms with Crippen molar-refractivity contribution < 1.29 is 19.4 Å². The Balaban J connectivity index is 1.53. The number of nitrogens with one attached hydrogen (secondary N) is 2. The van der Waals surface area contributed by atoms with Crippen LogP contribution in [0.4, 0.5) is 17.1 Å². The predicted octanol–water partition coefficient (Wildman–Crippen LogP) is 1.53. The Morgan fingerprint density at radius 1 is 1.07 bits per heavy atom. The highest BCUT2D eigenvalue weighted by atomic mass is 16.6. The lowest BCUT2D eigenvalue weighted by Crippen LogP contribution is -3.19. The second-order valence-corrected chi connectivity index (χ2v) is 7.26. The number of non-ortho nitro benzene ring substituents is 1. The van der Waals surface area contributed by atoms with Crippen molar-refractivity contribution in [2.24, 2.45) is 0 Å². The fourth-order valence-corrected chi connectivity index (χ4v) is 3.49. The number of carbonyl (C=O) groups excluding carboxylic acids is 2. The molecule has 1 fully saturated rings. The van der Waals surface area contributed by atoms with Gasteiger partial charge in [0.2, 0.25) is 0 Å². The lowest BCUT2D eigenvalue weighted by molar-refractivity contribution is -0.914. The van der Waals surface area contributed by atoms with Gasteiger partial charge in [0.1, 0.15) is 0 Å². The van der Waals surface area contributed by atoms with Gasteiger partial charge in [0.25, 0.3) is 11.6 Å². The lowest BCUT2D eigenvalue weighted by Gasteiger charge is -2.36. The van der Waals surface area contributed by atoms with Gasteiger partial charge in [0, 0.05) is 29.1 Å². The molecule has 1 saturated heterocycles. The first-order valence-corrected chi connectivity index (χ1v) is 9.61. The number of Topliss-reactive ketones (excluding diaryl/α,β-unsaturated/α-hetero) is 1. The van der Waals surface area contributed by atoms with Crippen molar-refractivity contribution in [1.29, 1.82) is 0 Å². The molecule has 1 aliphatic rings. The topological polar surface area (TPSA) is 97.0 Å². The second-order valence-electron chi connectivity index (χ2n) is 7.26. The SMILES string of the molecule is CC(=O)c1ccc(NC(=O)[C@@H](C)[NH+]2CCN(c3ccc([N+](=O)[O-])cc3)CC2)cc1. The first-order chi connectivity index (χ1) is 13.8. The first-order valence-electron chi connectivity index (χ1n) is 9.61. The zero-order chi connectivity index (χ0) is 21.0. The number of ketones is 1. The summed E-state index contributed by atoms with van der Waals surface area (Å²) in [7, 11) is 0. The number of hydrogen-bond donors (Lipinski definition) is 2. The summed E-state index contributed by atoms with van der Waals surface area (Å²) < 4.78 is 0. The maximum Gasteiger partial charge on any atom is 0.282 e. The highest BCUT2D eigenvalue weighted by Gasteiger charge is 2.29. The number of amides is 1. The van der Waals surface area contributed by atoms with Crippen LogP contribution in [0.2, 0.25) is 0 Å². The number of quaternary nitrogens is 1. The monoisotopic (exact) mass is 397 g/mol. The van der Waals surface area contributed by atoms with Crippen LogP contribution in [0.3, 0.4) is 0 Å². The molecule has 29 heavy (non-hydrogen) atoms. The van der Waals surface area contributed by atoms with Crippen molar-refractivity contribution in [2.45, 2.75) is 19.9 Å². The number of rotatable bonds is 6. The van der Waals surface area contributed by atoms with E-state index in [1.54, 1.807) is 36.4 Å². The van der Waals surface area contributed by atoms with Gasteiger partial charge in [-0.3, -0.25) is 19.7 Å². The minimum Gasteiger partial charge on any atom is -0.360 e. The molecule has 0 bridgehead atoms. The van der Waals surface area contributed by atoms with Gasteiger partial charge in [0.15, 0.2) is 11.8 Å². The van der Waals surface area contributed by atoms with Crippen LogP contribution in [0.15, 0.2) is 48.5 Å². The van der Waals surface area contributed by atoms with E-state index in [1.165, 1.54) is 24.0 Å². The molecular weight excluding hydrogens is 372 g/mol. The summed E-state index contributed by atoms with van der Waals surface area (Å²) in [5, 5.41) is 13.7. The molecule has 0 unspecified atom stereocenters. The van der Waals surface area contributed by atoms with Crippen molar-refractivity contribution in [3.05, 3.63) is 64.2 Å². The van der Waals surface area contributed by atoms with E-state index in [1.807, 2.05) is 6.92 Å². The zero-order valence-corrected chi connectivity index (χ0v) is 16.6. The Morgan fingerprint density at radius 3 is 2.17 bits per heavy atom. The van der Waals surface area contributed by atoms with Gasteiger partial charge in [-0.15, -0.1) is 0 Å². The molecule has 1 atom stereocenters. The number of benzene rings is 2. The van der Waals surface area contributed by atoms with Crippen LogP contribution in [0, 0.1) is 10.1 Å². The van der Waals surface area contributed by atoms with Crippen LogP contribution < -0.4 is 15.1 Å². The molecule has 2 aromatic rings. The summed E-state index contributed by atoms with van der Waals surface area (Å²) in [5.74, 6) is -0.0639. The molecule has 0 aromatic heterocycles. The van der Waals surface area contributed by atoms with Crippen LogP contribution in [0.25, 0.3) is 0 Å². The summed E-state index contributed by atoms with van der Waals surface area (Å²) >= 11 is 0. The average molecular weight is 397 g/mol. The summed E-state index contributed by atoms with van der Waals surface area (Å²) in [6.07, 6.45) is 0. The molecule has 2 aromatic carbocycles. The van der Waals surface area contributed by atoms with E-state index < -0.39 is 4.92 Å². The van der Waals surface area contributed by atoms with Crippen molar-refractivity contribution in [2.75, 3.05) is 36.4 Å². The van der Waals surface area contributed by atoms with Crippen LogP contribution in [0.1, 0.15) is 24.2 Å². The second kappa shape index (κ2) is 8.83. The Morgan fingerprint density at radius 2 is 1.66 bits per heavy atom. The quantitative estimate of drug-likeness (QED) is 0.438. The number of nitrogens with zero attached hydrogens (tertiary/aromatic N) is 2. The maximum atomic E-state index is 12.6. The summed E-state index contributed by atoms with van der Waals surface area (Å²) in [5.41, 5.74) is 2.33. The average Bonchev–Trinajstić information content (AvgIpc) is 2.73. The Hall–Kier alpha value is -3.26. The third-order valence-corrected chi connectivity index (χ3v) is 5.40. The largest absolute Gasteiger partial charge is 0.360 e. The highest BCUT2D eigenvalue weighted by molar-refractivity contribution is 5.96. The van der Waals surface area contributed by atoms with Gasteiger partial charge < -0.3 is 15.1 Å². The molecule has 1 amide bonds. The number of nitro groups is 1. The number of piperazine rings is 1. The van der Waals surface area contributed by atoms with Gasteiger partial charge in [0.05, 0.1) is 31.1 Å². The fourth-order valence-electron chi connectivity index (χ4n) is 3.49. The van der Waals surface area contributed by atoms with E-state index in [2.05, 4.69) is 10.2 Å². The smallest absolute Gasteiger partial charge is 0.282 e. The molecule has 0 saturated carbocycles. The third kappa shape index (κ3) is 4.97. The lowest BCUT2D eigenvalue weighted by atomic mass is 10.1. The first kappa shape index (κ1) is 20.5. The Bertz CT molecular complexity index is 888. The van der Waals surface area contributed by atoms with Crippen LogP contribution >= 0.6 is 0 Å². The molecule has 1 aliphatic heterocycles. The molecule has 0 spiro atoms. The van der Waals surface area contributed by atoms with Gasteiger partial charge >= 0.3 is 0 Å². The zero-order valence-electron chi connectivity index (χ0n) is 16.6. The number of nitro benzene ring substituents is 1. The Labute approximate surface area is 169 Å². The van der Waals surface area contributed by atoms with Gasteiger partial charge in [-0.2, -0.15) is 0 Å². The number of carbonyl (C=O) groups is 2. The summed E-state index contributed by atoms with van der Waals surface area (Å²) in [6, 6.07) is 13.3. The van der Waals surface area contributed by atoms with E-state index >= 15 is 0 Å². The molecule has 8 heteroatoms. The molecule has 152 valence electrons. The van der Waals surface area contributed by atoms with Crippen LogP contribution in [-0.4, -0.2) is 48.8 Å². The number of anilines is 2. The van der Waals surface area contributed by atoms with E-state index in [9.17, 15) is 19.7 Å². The molecule has 0 radical (unpaired) electrons. The Kier molecular flexibility index (Phi) is 6.23. The summed E-state index contributed by atoms with van der Waals surface area (Å²) in [6.45, 7) is 6.57. The van der Waals surface area contributed by atoms with Crippen molar-refractivity contribution >= 4 is 28.8 Å². The van der Waals surface area contributed by atoms with Gasteiger partial charge in [-0.1, -0.05) is 0 Å². The minimum atomic E-state index is -0.403. The molecule has 2 N–H and O–H groups in total. The molecule has 8 nitrogen and oxygen atoms in total. The van der Waals surface area contributed by atoms with Crippen molar-refractivity contribution in [1.82, 2.24) is 0 Å². The number of hydrogen-bond acceptors (Lipinski definition) is 5. The van der Waals surface area contributed by atoms with E-state index in [0.717, 1.165) is 31.9 Å². The van der Waals surface area contributed by atoms with Crippen molar-refractivity contribution in [3.8, 4) is 0 Å². The predicted molar refractivity (Wildman–Crippen MR) is 111 cm³/mol. The van der Waals surface area contributed by atoms with Gasteiger partial charge in [-0.25, -0.2) is 0 Å². The van der Waals surface area contributed by atoms with Crippen molar-refractivity contribution in [3.63, 3.8) is 0 Å². The molecule has 0 aliphatic carbocycles. The standard InChI is InChI=1S/C21H24N4O4/c1-15(21(27)22-18-5-3-17(4-6-18)16(2)26)23-11-13-24(14-12-23)19-7-9-20(10-8-19)25(28)29/h3-10,15H,11-14H2,1-2H3,(H,22,27)/p+1/t15-/m1/s1. The van der Waals surface area contributed by atoms with E-state index in [4.69, 9.17) is 0 Å². The molecule has 1 heterocycles. The highest BCUT2D eigenvalue weighted by Crippen LogP contribution is 2.19. The van der Waals surface area contributed by atoms with E-state index in [0.29, 0.717) is 11.3 Å². The normalized spacial score (nSPS) is 15.6. The third-order valence-electron chi connectivity index (χ3n) is 5.40. The van der Waals surface area contributed by atoms with Crippen LogP contribution in [0.5, 0.6) is 0 Å². The maximum absolute atomic E-state index is 12.6. The summed E-state index contributed by atoms with van der Waals surface area (Å²) in [4.78, 5) is 37.7. The minimum absolute atomic E-state index is 0.00780. The van der Waals surface area contributed by atoms with Gasteiger partial charge in [-0.05, 0) is 50.2 Å². The molecule has 3 rings (SSSR count). The van der Waals surface area contributed by atoms with E-state index in [-0.39, 0.29) is 23.4 Å². The molecular formula is C21H25N4O4+. The van der Waals surface area contributed by atoms with Crippen LogP contribution in [-0.2, 0) is 4.79 Å².